The van der Waals surface area contributed by atoms with Gasteiger partial charge in [-0.05, 0) is 48.9 Å². The highest BCUT2D eigenvalue weighted by Crippen LogP contribution is 2.27. The maximum Gasteiger partial charge on any atom is 0.234 e. The highest BCUT2D eigenvalue weighted by molar-refractivity contribution is 7.99. The molecule has 2 aromatic heterocycles. The van der Waals surface area contributed by atoms with Gasteiger partial charge in [0.2, 0.25) is 5.91 Å². The quantitative estimate of drug-likeness (QED) is 0.466. The summed E-state index contributed by atoms with van der Waals surface area (Å²) < 4.78 is 15.4. The minimum absolute atomic E-state index is 0.105. The lowest BCUT2D eigenvalue weighted by Crippen LogP contribution is -2.15. The first-order valence-electron chi connectivity index (χ1n) is 9.22. The van der Waals surface area contributed by atoms with Crippen molar-refractivity contribution in [2.24, 2.45) is 0 Å². The first-order chi connectivity index (χ1) is 14.6. The zero-order chi connectivity index (χ0) is 20.9. The van der Waals surface area contributed by atoms with E-state index in [1.807, 2.05) is 54.0 Å². The van der Waals surface area contributed by atoms with E-state index in [4.69, 9.17) is 0 Å². The van der Waals surface area contributed by atoms with Gasteiger partial charge in [0.1, 0.15) is 5.82 Å². The first kappa shape index (κ1) is 19.8. The number of carbonyl (C=O) groups excluding carboxylic acids is 1. The number of carbonyl (C=O) groups is 1. The minimum atomic E-state index is -0.395. The van der Waals surface area contributed by atoms with Gasteiger partial charge in [-0.3, -0.25) is 14.3 Å². The number of hydrogen-bond donors (Lipinski definition) is 1. The van der Waals surface area contributed by atoms with Gasteiger partial charge in [0.05, 0.1) is 5.75 Å². The molecule has 0 unspecified atom stereocenters. The van der Waals surface area contributed by atoms with Crippen molar-refractivity contribution in [1.82, 2.24) is 19.7 Å². The van der Waals surface area contributed by atoms with Gasteiger partial charge in [0.25, 0.3) is 0 Å². The molecule has 1 N–H and O–H groups in total. The predicted octanol–water partition coefficient (Wildman–Crippen LogP) is 4.51. The van der Waals surface area contributed by atoms with Crippen LogP contribution in [-0.2, 0) is 4.79 Å². The fourth-order valence-corrected chi connectivity index (χ4v) is 3.65. The number of nitrogens with zero attached hydrogens (tertiary/aromatic N) is 4. The number of amides is 1. The van der Waals surface area contributed by atoms with Crippen LogP contribution in [0.5, 0.6) is 0 Å². The SMILES string of the molecule is Cc1ccc(F)cc1NC(=O)CSc1nnc(-c2cccnc2)n1-c1ccccc1. The van der Waals surface area contributed by atoms with Crippen molar-refractivity contribution in [2.45, 2.75) is 12.1 Å². The molecule has 30 heavy (non-hydrogen) atoms. The van der Waals surface area contributed by atoms with Crippen LogP contribution in [0.3, 0.4) is 0 Å². The molecule has 8 heteroatoms. The zero-order valence-electron chi connectivity index (χ0n) is 16.1. The third kappa shape index (κ3) is 4.38. The van der Waals surface area contributed by atoms with Crippen LogP contribution in [0, 0.1) is 12.7 Å². The van der Waals surface area contributed by atoms with E-state index < -0.39 is 5.82 Å². The molecular formula is C22H18FN5OS. The van der Waals surface area contributed by atoms with Gasteiger partial charge >= 0.3 is 0 Å². The lowest BCUT2D eigenvalue weighted by atomic mass is 10.2. The van der Waals surface area contributed by atoms with Crippen LogP contribution < -0.4 is 5.32 Å². The second kappa shape index (κ2) is 8.87. The molecule has 150 valence electrons. The number of thioether (sulfide) groups is 1. The number of para-hydroxylation sites is 1. The summed E-state index contributed by atoms with van der Waals surface area (Å²) in [5.41, 5.74) is 2.95. The third-order valence-electron chi connectivity index (χ3n) is 4.37. The molecule has 2 heterocycles. The Hall–Kier alpha value is -3.52. The highest BCUT2D eigenvalue weighted by Gasteiger charge is 2.17. The van der Waals surface area contributed by atoms with Crippen LogP contribution in [0.15, 0.2) is 78.2 Å². The van der Waals surface area contributed by atoms with Crippen LogP contribution in [0.1, 0.15) is 5.56 Å². The van der Waals surface area contributed by atoms with E-state index in [9.17, 15) is 9.18 Å². The molecule has 0 spiro atoms. The molecule has 0 saturated carbocycles. The lowest BCUT2D eigenvalue weighted by Gasteiger charge is -2.11. The van der Waals surface area contributed by atoms with E-state index in [0.29, 0.717) is 16.7 Å². The highest BCUT2D eigenvalue weighted by atomic mass is 32.2. The van der Waals surface area contributed by atoms with E-state index in [2.05, 4.69) is 20.5 Å². The van der Waals surface area contributed by atoms with Crippen molar-refractivity contribution in [3.63, 3.8) is 0 Å². The fourth-order valence-electron chi connectivity index (χ4n) is 2.90. The Labute approximate surface area is 177 Å². The second-order valence-electron chi connectivity index (χ2n) is 6.51. The lowest BCUT2D eigenvalue weighted by molar-refractivity contribution is -0.113. The molecule has 0 radical (unpaired) electrons. The standard InChI is InChI=1S/C22H18FN5OS/c1-15-9-10-17(23)12-19(15)25-20(29)14-30-22-27-26-21(16-6-5-11-24-13-16)28(22)18-7-3-2-4-8-18/h2-13H,14H2,1H3,(H,25,29). The molecule has 0 aliphatic carbocycles. The number of nitrogens with one attached hydrogen (secondary N) is 1. The smallest absolute Gasteiger partial charge is 0.234 e. The predicted molar refractivity (Wildman–Crippen MR) is 115 cm³/mol. The summed E-state index contributed by atoms with van der Waals surface area (Å²) in [6, 6.07) is 17.7. The summed E-state index contributed by atoms with van der Waals surface area (Å²) >= 11 is 1.26. The van der Waals surface area contributed by atoms with Gasteiger partial charge in [-0.25, -0.2) is 4.39 Å². The Balaban J connectivity index is 1.58. The Morgan fingerprint density at radius 2 is 1.93 bits per heavy atom. The molecule has 4 aromatic rings. The number of pyridine rings is 1. The number of benzene rings is 2. The van der Waals surface area contributed by atoms with Crippen LogP contribution >= 0.6 is 11.8 Å². The molecular weight excluding hydrogens is 401 g/mol. The summed E-state index contributed by atoms with van der Waals surface area (Å²) in [7, 11) is 0. The van der Waals surface area contributed by atoms with E-state index in [1.165, 1.54) is 23.9 Å². The van der Waals surface area contributed by atoms with Crippen molar-refractivity contribution in [2.75, 3.05) is 11.1 Å². The van der Waals surface area contributed by atoms with Gasteiger partial charge in [-0.15, -0.1) is 10.2 Å². The molecule has 4 rings (SSSR count). The molecule has 0 fully saturated rings. The summed E-state index contributed by atoms with van der Waals surface area (Å²) in [6.07, 6.45) is 3.42. The van der Waals surface area contributed by atoms with Crippen molar-refractivity contribution in [3.8, 4) is 17.1 Å². The van der Waals surface area contributed by atoms with Crippen LogP contribution in [0.4, 0.5) is 10.1 Å². The summed E-state index contributed by atoms with van der Waals surface area (Å²) in [5, 5.41) is 11.9. The zero-order valence-corrected chi connectivity index (χ0v) is 16.9. The van der Waals surface area contributed by atoms with Crippen molar-refractivity contribution in [3.05, 3.63) is 84.4 Å². The Kier molecular flexibility index (Phi) is 5.85. The molecule has 2 aromatic carbocycles. The monoisotopic (exact) mass is 419 g/mol. The third-order valence-corrected chi connectivity index (χ3v) is 5.30. The Morgan fingerprint density at radius 1 is 1.10 bits per heavy atom. The summed E-state index contributed by atoms with van der Waals surface area (Å²) in [4.78, 5) is 16.6. The molecule has 0 saturated heterocycles. The molecule has 0 atom stereocenters. The summed E-state index contributed by atoms with van der Waals surface area (Å²) in [6.45, 7) is 1.81. The van der Waals surface area contributed by atoms with Gasteiger partial charge < -0.3 is 5.32 Å². The normalized spacial score (nSPS) is 10.7. The summed E-state index contributed by atoms with van der Waals surface area (Å²) in [5.74, 6) is 0.0967. The van der Waals surface area contributed by atoms with Gasteiger partial charge in [0.15, 0.2) is 11.0 Å². The Bertz CT molecular complexity index is 1160. The number of anilines is 1. The topological polar surface area (TPSA) is 72.7 Å². The number of halogens is 1. The van der Waals surface area contributed by atoms with E-state index >= 15 is 0 Å². The largest absolute Gasteiger partial charge is 0.325 e. The maximum absolute atomic E-state index is 13.5. The number of rotatable bonds is 6. The number of aromatic nitrogens is 4. The molecule has 0 aliphatic rings. The van der Waals surface area contributed by atoms with E-state index in [0.717, 1.165) is 16.8 Å². The van der Waals surface area contributed by atoms with Gasteiger partial charge in [0, 0.05) is 29.3 Å². The second-order valence-corrected chi connectivity index (χ2v) is 7.46. The van der Waals surface area contributed by atoms with Crippen molar-refractivity contribution in [1.29, 1.82) is 0 Å². The first-order valence-corrected chi connectivity index (χ1v) is 10.2. The van der Waals surface area contributed by atoms with Crippen LogP contribution in [-0.4, -0.2) is 31.4 Å². The molecule has 6 nitrogen and oxygen atoms in total. The van der Waals surface area contributed by atoms with Crippen LogP contribution in [0.2, 0.25) is 0 Å². The van der Waals surface area contributed by atoms with Crippen molar-refractivity contribution < 1.29 is 9.18 Å². The van der Waals surface area contributed by atoms with Crippen molar-refractivity contribution >= 4 is 23.4 Å². The van der Waals surface area contributed by atoms with Gasteiger partial charge in [-0.1, -0.05) is 36.0 Å². The average Bonchev–Trinajstić information content (AvgIpc) is 3.20. The van der Waals surface area contributed by atoms with Crippen LogP contribution in [0.25, 0.3) is 17.1 Å². The minimum Gasteiger partial charge on any atom is -0.325 e. The number of hydrogen-bond acceptors (Lipinski definition) is 5. The average molecular weight is 419 g/mol. The maximum atomic E-state index is 13.5. The molecule has 0 bridgehead atoms. The molecule has 1 amide bonds. The van der Waals surface area contributed by atoms with E-state index in [1.54, 1.807) is 18.5 Å². The van der Waals surface area contributed by atoms with E-state index in [-0.39, 0.29) is 11.7 Å². The van der Waals surface area contributed by atoms with Gasteiger partial charge in [-0.2, -0.15) is 0 Å². The number of aryl methyl sites for hydroxylation is 1. The molecule has 0 aliphatic heterocycles. The fraction of sp³-hybridized carbons (Fsp3) is 0.0909. The Morgan fingerprint density at radius 3 is 2.70 bits per heavy atom.